The number of nitro benzene ring substituents is 1. The Morgan fingerprint density at radius 3 is 2.86 bits per heavy atom. The highest BCUT2D eigenvalue weighted by atomic mass is 16.6. The predicted molar refractivity (Wildman–Crippen MR) is 85.4 cm³/mol. The van der Waals surface area contributed by atoms with Crippen LogP contribution in [0.2, 0.25) is 0 Å². The normalized spacial score (nSPS) is 18.0. The van der Waals surface area contributed by atoms with Crippen LogP contribution in [-0.4, -0.2) is 40.9 Å². The number of nitro groups is 1. The standard InChI is InChI=1S/C16H21N3O3/c1-12(2)18(15-8-9-17-11-15)16(20)7-6-13-4-3-5-14(10-13)19(21)22/h3-7,10,12,15,17H,8-9,11H2,1-2H3/b7-6+. The lowest BCUT2D eigenvalue weighted by molar-refractivity contribution is -0.384. The number of rotatable bonds is 5. The topological polar surface area (TPSA) is 75.5 Å². The third-order valence-electron chi connectivity index (χ3n) is 3.74. The van der Waals surface area contributed by atoms with E-state index < -0.39 is 4.92 Å². The van der Waals surface area contributed by atoms with Gasteiger partial charge in [-0.05, 0) is 38.5 Å². The molecule has 1 aliphatic rings. The summed E-state index contributed by atoms with van der Waals surface area (Å²) in [6.07, 6.45) is 4.08. The lowest BCUT2D eigenvalue weighted by Gasteiger charge is -2.31. The van der Waals surface area contributed by atoms with E-state index in [2.05, 4.69) is 5.32 Å². The van der Waals surface area contributed by atoms with Crippen LogP contribution in [0.15, 0.2) is 30.3 Å². The number of amides is 1. The van der Waals surface area contributed by atoms with Crippen LogP contribution in [0.5, 0.6) is 0 Å². The molecule has 0 aliphatic carbocycles. The van der Waals surface area contributed by atoms with Crippen LogP contribution in [0, 0.1) is 10.1 Å². The highest BCUT2D eigenvalue weighted by molar-refractivity contribution is 5.92. The molecule has 0 radical (unpaired) electrons. The summed E-state index contributed by atoms with van der Waals surface area (Å²) in [5, 5.41) is 14.0. The minimum absolute atomic E-state index is 0.0234. The minimum atomic E-state index is -0.441. The predicted octanol–water partition coefficient (Wildman–Crippen LogP) is 2.21. The van der Waals surface area contributed by atoms with Gasteiger partial charge in [0.15, 0.2) is 0 Å². The van der Waals surface area contributed by atoms with Gasteiger partial charge in [0.05, 0.1) is 4.92 Å². The summed E-state index contributed by atoms with van der Waals surface area (Å²) in [6.45, 7) is 5.74. The van der Waals surface area contributed by atoms with Gasteiger partial charge in [0, 0.05) is 36.8 Å². The lowest BCUT2D eigenvalue weighted by atomic mass is 10.1. The Bertz CT molecular complexity index is 578. The molecule has 1 saturated heterocycles. The van der Waals surface area contributed by atoms with E-state index in [1.165, 1.54) is 18.2 Å². The Hall–Kier alpha value is -2.21. The quantitative estimate of drug-likeness (QED) is 0.514. The van der Waals surface area contributed by atoms with Gasteiger partial charge >= 0.3 is 0 Å². The Balaban J connectivity index is 2.11. The second kappa shape index (κ2) is 7.17. The van der Waals surface area contributed by atoms with Gasteiger partial charge in [0.2, 0.25) is 5.91 Å². The molecule has 1 aromatic rings. The number of non-ortho nitro benzene ring substituents is 1. The molecule has 22 heavy (non-hydrogen) atoms. The van der Waals surface area contributed by atoms with Crippen LogP contribution in [0.4, 0.5) is 5.69 Å². The molecule has 1 atom stereocenters. The van der Waals surface area contributed by atoms with Gasteiger partial charge in [0.25, 0.3) is 5.69 Å². The maximum atomic E-state index is 12.4. The average molecular weight is 303 g/mol. The van der Waals surface area contributed by atoms with Crippen LogP contribution < -0.4 is 5.32 Å². The molecule has 2 rings (SSSR count). The smallest absolute Gasteiger partial charge is 0.270 e. The number of hydrogen-bond donors (Lipinski definition) is 1. The van der Waals surface area contributed by atoms with Crippen LogP contribution in [-0.2, 0) is 4.79 Å². The fourth-order valence-corrected chi connectivity index (χ4v) is 2.73. The second-order valence-electron chi connectivity index (χ2n) is 5.67. The molecule has 1 amide bonds. The van der Waals surface area contributed by atoms with Crippen LogP contribution in [0.3, 0.4) is 0 Å². The molecule has 1 heterocycles. The van der Waals surface area contributed by atoms with Crippen LogP contribution in [0.1, 0.15) is 25.8 Å². The zero-order chi connectivity index (χ0) is 16.1. The molecule has 0 bridgehead atoms. The first-order valence-electron chi connectivity index (χ1n) is 7.44. The second-order valence-corrected chi connectivity index (χ2v) is 5.67. The number of benzene rings is 1. The molecule has 6 nitrogen and oxygen atoms in total. The Labute approximate surface area is 130 Å². The van der Waals surface area contributed by atoms with E-state index in [4.69, 9.17) is 0 Å². The highest BCUT2D eigenvalue weighted by Crippen LogP contribution is 2.16. The van der Waals surface area contributed by atoms with Crippen molar-refractivity contribution in [1.29, 1.82) is 0 Å². The van der Waals surface area contributed by atoms with E-state index in [0.29, 0.717) is 5.56 Å². The molecule has 0 saturated carbocycles. The Kier molecular flexibility index (Phi) is 5.27. The number of hydrogen-bond acceptors (Lipinski definition) is 4. The maximum Gasteiger partial charge on any atom is 0.270 e. The largest absolute Gasteiger partial charge is 0.332 e. The average Bonchev–Trinajstić information content (AvgIpc) is 2.99. The molecular formula is C16H21N3O3. The summed E-state index contributed by atoms with van der Waals surface area (Å²) in [6, 6.07) is 6.58. The summed E-state index contributed by atoms with van der Waals surface area (Å²) >= 11 is 0. The molecule has 6 heteroatoms. The van der Waals surface area contributed by atoms with Crippen molar-refractivity contribution in [2.45, 2.75) is 32.4 Å². The molecule has 1 aromatic carbocycles. The van der Waals surface area contributed by atoms with Crippen molar-refractivity contribution >= 4 is 17.7 Å². The molecule has 118 valence electrons. The fourth-order valence-electron chi connectivity index (χ4n) is 2.73. The number of carbonyl (C=O) groups excluding carboxylic acids is 1. The summed E-state index contributed by atoms with van der Waals surface area (Å²) in [7, 11) is 0. The van der Waals surface area contributed by atoms with Crippen molar-refractivity contribution in [3.05, 3.63) is 46.0 Å². The molecule has 1 N–H and O–H groups in total. The zero-order valence-corrected chi connectivity index (χ0v) is 12.9. The molecule has 0 spiro atoms. The fraction of sp³-hybridized carbons (Fsp3) is 0.438. The van der Waals surface area contributed by atoms with E-state index in [0.717, 1.165) is 19.5 Å². The van der Waals surface area contributed by atoms with Gasteiger partial charge in [-0.2, -0.15) is 0 Å². The van der Waals surface area contributed by atoms with Crippen molar-refractivity contribution in [1.82, 2.24) is 10.2 Å². The van der Waals surface area contributed by atoms with Crippen LogP contribution in [0.25, 0.3) is 6.08 Å². The van der Waals surface area contributed by atoms with E-state index in [1.807, 2.05) is 18.7 Å². The Morgan fingerprint density at radius 1 is 1.50 bits per heavy atom. The van der Waals surface area contributed by atoms with E-state index in [-0.39, 0.29) is 23.7 Å². The van der Waals surface area contributed by atoms with Gasteiger partial charge < -0.3 is 10.2 Å². The first-order valence-corrected chi connectivity index (χ1v) is 7.44. The third kappa shape index (κ3) is 3.92. The van der Waals surface area contributed by atoms with Crippen molar-refractivity contribution in [3.63, 3.8) is 0 Å². The zero-order valence-electron chi connectivity index (χ0n) is 12.9. The summed E-state index contributed by atoms with van der Waals surface area (Å²) in [5.74, 6) is -0.0600. The number of nitrogens with one attached hydrogen (secondary N) is 1. The first-order chi connectivity index (χ1) is 10.5. The lowest BCUT2D eigenvalue weighted by Crippen LogP contribution is -2.45. The van der Waals surface area contributed by atoms with Gasteiger partial charge in [-0.1, -0.05) is 12.1 Å². The molecule has 0 aromatic heterocycles. The number of carbonyl (C=O) groups is 1. The van der Waals surface area contributed by atoms with E-state index >= 15 is 0 Å². The van der Waals surface area contributed by atoms with Gasteiger partial charge in [0.1, 0.15) is 0 Å². The molecule has 1 fully saturated rings. The van der Waals surface area contributed by atoms with Gasteiger partial charge in [-0.3, -0.25) is 14.9 Å². The van der Waals surface area contributed by atoms with E-state index in [1.54, 1.807) is 18.2 Å². The van der Waals surface area contributed by atoms with Crippen molar-refractivity contribution in [2.24, 2.45) is 0 Å². The monoisotopic (exact) mass is 303 g/mol. The van der Waals surface area contributed by atoms with E-state index in [9.17, 15) is 14.9 Å². The van der Waals surface area contributed by atoms with Crippen molar-refractivity contribution in [3.8, 4) is 0 Å². The van der Waals surface area contributed by atoms with Gasteiger partial charge in [-0.15, -0.1) is 0 Å². The summed E-state index contributed by atoms with van der Waals surface area (Å²) in [5.41, 5.74) is 0.672. The minimum Gasteiger partial charge on any atom is -0.332 e. The van der Waals surface area contributed by atoms with Crippen LogP contribution >= 0.6 is 0 Å². The Morgan fingerprint density at radius 2 is 2.27 bits per heavy atom. The summed E-state index contributed by atoms with van der Waals surface area (Å²) < 4.78 is 0. The maximum absolute atomic E-state index is 12.4. The molecule has 1 unspecified atom stereocenters. The number of nitrogens with zero attached hydrogens (tertiary/aromatic N) is 2. The van der Waals surface area contributed by atoms with Crippen molar-refractivity contribution < 1.29 is 9.72 Å². The van der Waals surface area contributed by atoms with Gasteiger partial charge in [-0.25, -0.2) is 0 Å². The first kappa shape index (κ1) is 16.2. The third-order valence-corrected chi connectivity index (χ3v) is 3.74. The summed E-state index contributed by atoms with van der Waals surface area (Å²) in [4.78, 5) is 24.6. The highest BCUT2D eigenvalue weighted by Gasteiger charge is 2.27. The van der Waals surface area contributed by atoms with Crippen molar-refractivity contribution in [2.75, 3.05) is 13.1 Å². The molecule has 1 aliphatic heterocycles. The molecular weight excluding hydrogens is 282 g/mol. The SMILES string of the molecule is CC(C)N(C(=O)/C=C/c1cccc([N+](=O)[O-])c1)C1CCNC1.